The van der Waals surface area contributed by atoms with Gasteiger partial charge in [-0.15, -0.1) is 0 Å². The number of nitrogens with zero attached hydrogens (tertiary/aromatic N) is 2. The number of rotatable bonds is 1. The molecular formula is C13H10F3N3. The summed E-state index contributed by atoms with van der Waals surface area (Å²) < 4.78 is 37.2. The van der Waals surface area contributed by atoms with Crippen LogP contribution in [0.4, 0.5) is 13.2 Å². The van der Waals surface area contributed by atoms with Crippen LogP contribution < -0.4 is 0 Å². The third-order valence-electron chi connectivity index (χ3n) is 2.38. The van der Waals surface area contributed by atoms with Crippen LogP contribution in [0.25, 0.3) is 0 Å². The summed E-state index contributed by atoms with van der Waals surface area (Å²) in [6.07, 6.45) is -3.79. The van der Waals surface area contributed by atoms with Crippen LogP contribution in [-0.4, -0.2) is 21.4 Å². The molecule has 0 amide bonds. The van der Waals surface area contributed by atoms with E-state index >= 15 is 0 Å². The first kappa shape index (κ1) is 13.1. The minimum absolute atomic E-state index is 0.0200. The molecular weight excluding hydrogens is 255 g/mol. The number of aromatic nitrogens is 3. The molecule has 98 valence electrons. The Morgan fingerprint density at radius 2 is 2.05 bits per heavy atom. The molecule has 2 rings (SSSR count). The van der Waals surface area contributed by atoms with E-state index in [9.17, 15) is 13.2 Å². The van der Waals surface area contributed by atoms with Gasteiger partial charge < -0.3 is 0 Å². The lowest BCUT2D eigenvalue weighted by Gasteiger charge is -2.03. The first-order chi connectivity index (χ1) is 8.96. The van der Waals surface area contributed by atoms with Crippen molar-refractivity contribution in [1.82, 2.24) is 15.2 Å². The van der Waals surface area contributed by atoms with E-state index in [1.54, 1.807) is 31.3 Å². The molecule has 1 N–H and O–H groups in total. The number of hydrogen-bond acceptors (Lipinski definition) is 2. The van der Waals surface area contributed by atoms with Crippen molar-refractivity contribution in [3.05, 3.63) is 47.0 Å². The Labute approximate surface area is 107 Å². The molecule has 19 heavy (non-hydrogen) atoms. The lowest BCUT2D eigenvalue weighted by atomic mass is 10.1. The second-order valence-electron chi connectivity index (χ2n) is 3.92. The number of aromatic amines is 1. The molecule has 2 aromatic rings. The summed E-state index contributed by atoms with van der Waals surface area (Å²) in [6.45, 7) is 1.61. The van der Waals surface area contributed by atoms with Crippen LogP contribution in [0.2, 0.25) is 0 Å². The first-order valence-corrected chi connectivity index (χ1v) is 5.49. The van der Waals surface area contributed by atoms with Crippen LogP contribution >= 0.6 is 0 Å². The second kappa shape index (κ2) is 5.14. The SMILES string of the molecule is Cc1n[nH]c(CC(F)(F)F)c1C#Cc1ccccn1. The summed E-state index contributed by atoms with van der Waals surface area (Å²) >= 11 is 0. The molecule has 0 radical (unpaired) electrons. The average Bonchev–Trinajstić information content (AvgIpc) is 2.67. The van der Waals surface area contributed by atoms with Gasteiger partial charge in [0.25, 0.3) is 0 Å². The van der Waals surface area contributed by atoms with Crippen molar-refractivity contribution in [2.75, 3.05) is 0 Å². The van der Waals surface area contributed by atoms with E-state index in [0.717, 1.165) is 0 Å². The van der Waals surface area contributed by atoms with E-state index < -0.39 is 12.6 Å². The van der Waals surface area contributed by atoms with Gasteiger partial charge in [0.1, 0.15) is 5.69 Å². The maximum atomic E-state index is 12.4. The fourth-order valence-electron chi connectivity index (χ4n) is 1.54. The summed E-state index contributed by atoms with van der Waals surface area (Å²) in [5.74, 6) is 5.42. The van der Waals surface area contributed by atoms with Gasteiger partial charge in [-0.2, -0.15) is 18.3 Å². The molecule has 0 fully saturated rings. The van der Waals surface area contributed by atoms with Crippen LogP contribution in [0.3, 0.4) is 0 Å². The number of aryl methyl sites for hydroxylation is 1. The van der Waals surface area contributed by atoms with Gasteiger partial charge in [-0.3, -0.25) is 5.10 Å². The Morgan fingerprint density at radius 3 is 2.68 bits per heavy atom. The maximum absolute atomic E-state index is 12.4. The highest BCUT2D eigenvalue weighted by Gasteiger charge is 2.30. The molecule has 0 aromatic carbocycles. The molecule has 0 saturated heterocycles. The monoisotopic (exact) mass is 265 g/mol. The van der Waals surface area contributed by atoms with Crippen molar-refractivity contribution < 1.29 is 13.2 Å². The largest absolute Gasteiger partial charge is 0.394 e. The van der Waals surface area contributed by atoms with Crippen LogP contribution in [0, 0.1) is 18.8 Å². The van der Waals surface area contributed by atoms with Gasteiger partial charge in [0, 0.05) is 6.20 Å². The predicted molar refractivity (Wildman–Crippen MR) is 63.3 cm³/mol. The van der Waals surface area contributed by atoms with Gasteiger partial charge in [-0.25, -0.2) is 4.98 Å². The van der Waals surface area contributed by atoms with E-state index in [0.29, 0.717) is 11.4 Å². The predicted octanol–water partition coefficient (Wildman–Crippen LogP) is 2.62. The Kier molecular flexibility index (Phi) is 3.56. The molecule has 2 heterocycles. The van der Waals surface area contributed by atoms with Gasteiger partial charge in [0.15, 0.2) is 0 Å². The van der Waals surface area contributed by atoms with Gasteiger partial charge in [0.05, 0.1) is 23.4 Å². The summed E-state index contributed by atoms with van der Waals surface area (Å²) in [6, 6.07) is 5.19. The summed E-state index contributed by atoms with van der Waals surface area (Å²) in [5, 5.41) is 6.14. The quantitative estimate of drug-likeness (QED) is 0.805. The van der Waals surface area contributed by atoms with Crippen molar-refractivity contribution in [3.8, 4) is 11.8 Å². The molecule has 0 aliphatic heterocycles. The topological polar surface area (TPSA) is 41.6 Å². The van der Waals surface area contributed by atoms with Crippen molar-refractivity contribution in [1.29, 1.82) is 0 Å². The zero-order valence-corrected chi connectivity index (χ0v) is 10.0. The normalized spacial score (nSPS) is 10.9. The number of halogens is 3. The molecule has 3 nitrogen and oxygen atoms in total. The molecule has 6 heteroatoms. The van der Waals surface area contributed by atoms with Crippen LogP contribution in [0.15, 0.2) is 24.4 Å². The third-order valence-corrected chi connectivity index (χ3v) is 2.38. The van der Waals surface area contributed by atoms with Crippen molar-refractivity contribution >= 4 is 0 Å². The van der Waals surface area contributed by atoms with Crippen LogP contribution in [0.5, 0.6) is 0 Å². The standard InChI is InChI=1S/C13H10F3N3/c1-9-11(6-5-10-4-2-3-7-17-10)12(19-18-9)8-13(14,15)16/h2-4,7H,8H2,1H3,(H,18,19). The highest BCUT2D eigenvalue weighted by Crippen LogP contribution is 2.22. The molecule has 0 saturated carbocycles. The summed E-state index contributed by atoms with van der Waals surface area (Å²) in [7, 11) is 0. The minimum Gasteiger partial charge on any atom is -0.281 e. The highest BCUT2D eigenvalue weighted by molar-refractivity contribution is 5.45. The lowest BCUT2D eigenvalue weighted by molar-refractivity contribution is -0.127. The molecule has 0 spiro atoms. The second-order valence-corrected chi connectivity index (χ2v) is 3.92. The Bertz CT molecular complexity index is 618. The molecule has 0 atom stereocenters. The number of hydrogen-bond donors (Lipinski definition) is 1. The number of H-pyrrole nitrogens is 1. The average molecular weight is 265 g/mol. The zero-order chi connectivity index (χ0) is 13.9. The maximum Gasteiger partial charge on any atom is 0.394 e. The third kappa shape index (κ3) is 3.58. The fourth-order valence-corrected chi connectivity index (χ4v) is 1.54. The summed E-state index contributed by atoms with van der Waals surface area (Å²) in [4.78, 5) is 3.99. The Hall–Kier alpha value is -2.29. The minimum atomic E-state index is -4.29. The molecule has 2 aromatic heterocycles. The lowest BCUT2D eigenvalue weighted by Crippen LogP contribution is -2.12. The van der Waals surface area contributed by atoms with E-state index in [2.05, 4.69) is 27.0 Å². The summed E-state index contributed by atoms with van der Waals surface area (Å²) in [5.41, 5.74) is 1.21. The first-order valence-electron chi connectivity index (χ1n) is 5.49. The fraction of sp³-hybridized carbons (Fsp3) is 0.231. The molecule has 0 aliphatic carbocycles. The number of alkyl halides is 3. The molecule has 0 unspecified atom stereocenters. The van der Waals surface area contributed by atoms with E-state index in [1.165, 1.54) is 0 Å². The van der Waals surface area contributed by atoms with Gasteiger partial charge in [-0.1, -0.05) is 12.0 Å². The van der Waals surface area contributed by atoms with Crippen LogP contribution in [0.1, 0.15) is 22.6 Å². The van der Waals surface area contributed by atoms with Crippen LogP contribution in [-0.2, 0) is 6.42 Å². The number of pyridine rings is 1. The molecule has 0 bridgehead atoms. The van der Waals surface area contributed by atoms with Gasteiger partial charge in [-0.05, 0) is 25.0 Å². The molecule has 0 aliphatic rings. The highest BCUT2D eigenvalue weighted by atomic mass is 19.4. The van der Waals surface area contributed by atoms with E-state index in [4.69, 9.17) is 0 Å². The zero-order valence-electron chi connectivity index (χ0n) is 10.0. The van der Waals surface area contributed by atoms with Gasteiger partial charge >= 0.3 is 6.18 Å². The smallest absolute Gasteiger partial charge is 0.281 e. The van der Waals surface area contributed by atoms with E-state index in [-0.39, 0.29) is 11.3 Å². The van der Waals surface area contributed by atoms with Crippen molar-refractivity contribution in [3.63, 3.8) is 0 Å². The van der Waals surface area contributed by atoms with Crippen molar-refractivity contribution in [2.24, 2.45) is 0 Å². The van der Waals surface area contributed by atoms with Gasteiger partial charge in [0.2, 0.25) is 0 Å². The van der Waals surface area contributed by atoms with Crippen molar-refractivity contribution in [2.45, 2.75) is 19.5 Å². The Morgan fingerprint density at radius 1 is 1.26 bits per heavy atom. The Balaban J connectivity index is 2.31. The van der Waals surface area contributed by atoms with E-state index in [1.807, 2.05) is 0 Å². The number of nitrogens with one attached hydrogen (secondary N) is 1.